The third-order valence-electron chi connectivity index (χ3n) is 3.50. The van der Waals surface area contributed by atoms with Crippen molar-refractivity contribution < 1.29 is 9.53 Å². The van der Waals surface area contributed by atoms with Gasteiger partial charge in [-0.2, -0.15) is 0 Å². The molecule has 94 valence electrons. The highest BCUT2D eigenvalue weighted by Crippen LogP contribution is 2.27. The number of carbonyl (C=O) groups excluding carboxylic acids is 1. The van der Waals surface area contributed by atoms with E-state index in [0.29, 0.717) is 12.6 Å². The van der Waals surface area contributed by atoms with Crippen molar-refractivity contribution in [3.63, 3.8) is 0 Å². The van der Waals surface area contributed by atoms with Crippen LogP contribution in [0.15, 0.2) is 0 Å². The second-order valence-electron chi connectivity index (χ2n) is 4.97. The minimum Gasteiger partial charge on any atom is -0.468 e. The minimum absolute atomic E-state index is 0.105. The molecule has 1 aliphatic rings. The fraction of sp³-hybridized carbons (Fsp3) is 0.923. The summed E-state index contributed by atoms with van der Waals surface area (Å²) in [4.78, 5) is 13.7. The van der Waals surface area contributed by atoms with Gasteiger partial charge in [-0.05, 0) is 31.7 Å². The quantitative estimate of drug-likeness (QED) is 0.676. The van der Waals surface area contributed by atoms with Crippen molar-refractivity contribution in [2.24, 2.45) is 5.92 Å². The maximum absolute atomic E-state index is 11.4. The van der Waals surface area contributed by atoms with Crippen molar-refractivity contribution in [2.45, 2.75) is 52.0 Å². The van der Waals surface area contributed by atoms with Crippen molar-refractivity contribution >= 4 is 5.97 Å². The summed E-state index contributed by atoms with van der Waals surface area (Å²) in [6.45, 7) is 5.94. The Bertz CT molecular complexity index is 218. The number of ether oxygens (including phenoxy) is 1. The molecule has 1 saturated carbocycles. The van der Waals surface area contributed by atoms with Crippen LogP contribution >= 0.6 is 0 Å². The van der Waals surface area contributed by atoms with Gasteiger partial charge in [-0.1, -0.05) is 26.7 Å². The molecule has 0 aromatic heterocycles. The SMILES string of the molecule is CCCN(CC(=O)OC)C1CCCC(C)C1. The second kappa shape index (κ2) is 6.89. The molecule has 2 atom stereocenters. The van der Waals surface area contributed by atoms with E-state index in [4.69, 9.17) is 4.74 Å². The summed E-state index contributed by atoms with van der Waals surface area (Å²) in [5, 5.41) is 0. The first kappa shape index (κ1) is 13.5. The summed E-state index contributed by atoms with van der Waals surface area (Å²) in [6.07, 6.45) is 6.21. The number of esters is 1. The molecule has 0 N–H and O–H groups in total. The van der Waals surface area contributed by atoms with E-state index < -0.39 is 0 Å². The molecule has 0 aromatic carbocycles. The van der Waals surface area contributed by atoms with E-state index in [1.54, 1.807) is 0 Å². The molecule has 3 heteroatoms. The van der Waals surface area contributed by atoms with E-state index in [0.717, 1.165) is 18.9 Å². The van der Waals surface area contributed by atoms with E-state index in [2.05, 4.69) is 18.7 Å². The lowest BCUT2D eigenvalue weighted by Gasteiger charge is -2.35. The van der Waals surface area contributed by atoms with Gasteiger partial charge in [0.1, 0.15) is 0 Å². The molecule has 0 heterocycles. The molecule has 1 rings (SSSR count). The minimum atomic E-state index is -0.105. The Morgan fingerprint density at radius 1 is 1.44 bits per heavy atom. The van der Waals surface area contributed by atoms with Gasteiger partial charge in [0.15, 0.2) is 0 Å². The number of rotatable bonds is 5. The highest BCUT2D eigenvalue weighted by atomic mass is 16.5. The van der Waals surface area contributed by atoms with Gasteiger partial charge in [0.05, 0.1) is 13.7 Å². The normalized spacial score (nSPS) is 25.8. The van der Waals surface area contributed by atoms with Crippen LogP contribution < -0.4 is 0 Å². The van der Waals surface area contributed by atoms with Crippen LogP contribution in [0.2, 0.25) is 0 Å². The topological polar surface area (TPSA) is 29.5 Å². The largest absolute Gasteiger partial charge is 0.468 e. The average molecular weight is 227 g/mol. The predicted molar refractivity (Wildman–Crippen MR) is 65.3 cm³/mol. The molecule has 3 nitrogen and oxygen atoms in total. The first-order valence-corrected chi connectivity index (χ1v) is 6.48. The molecule has 0 aliphatic heterocycles. The summed E-state index contributed by atoms with van der Waals surface area (Å²) in [6, 6.07) is 0.586. The Kier molecular flexibility index (Phi) is 5.81. The smallest absolute Gasteiger partial charge is 0.319 e. The number of carbonyl (C=O) groups is 1. The summed E-state index contributed by atoms with van der Waals surface area (Å²) < 4.78 is 4.76. The lowest BCUT2D eigenvalue weighted by atomic mass is 9.86. The molecule has 0 bridgehead atoms. The molecule has 1 aliphatic carbocycles. The molecule has 0 amide bonds. The zero-order valence-electron chi connectivity index (χ0n) is 10.9. The summed E-state index contributed by atoms with van der Waals surface area (Å²) in [5.41, 5.74) is 0. The zero-order chi connectivity index (χ0) is 12.0. The van der Waals surface area contributed by atoms with Crippen molar-refractivity contribution in [3.05, 3.63) is 0 Å². The monoisotopic (exact) mass is 227 g/mol. The Morgan fingerprint density at radius 3 is 2.75 bits per heavy atom. The molecular weight excluding hydrogens is 202 g/mol. The third-order valence-corrected chi connectivity index (χ3v) is 3.50. The van der Waals surface area contributed by atoms with Crippen LogP contribution in [0, 0.1) is 5.92 Å². The van der Waals surface area contributed by atoms with Gasteiger partial charge in [0, 0.05) is 6.04 Å². The maximum Gasteiger partial charge on any atom is 0.319 e. The standard InChI is InChI=1S/C13H25NO2/c1-4-8-14(10-13(15)16-3)12-7-5-6-11(2)9-12/h11-12H,4-10H2,1-3H3. The van der Waals surface area contributed by atoms with Gasteiger partial charge in [-0.3, -0.25) is 9.69 Å². The van der Waals surface area contributed by atoms with Gasteiger partial charge in [0.2, 0.25) is 0 Å². The number of hydrogen-bond acceptors (Lipinski definition) is 3. The van der Waals surface area contributed by atoms with E-state index in [9.17, 15) is 4.79 Å². The molecule has 0 saturated heterocycles. The lowest BCUT2D eigenvalue weighted by molar-refractivity contribution is -0.142. The third kappa shape index (κ3) is 4.12. The fourth-order valence-electron chi connectivity index (χ4n) is 2.64. The average Bonchev–Trinajstić information content (AvgIpc) is 2.28. The number of hydrogen-bond donors (Lipinski definition) is 0. The highest BCUT2D eigenvalue weighted by molar-refractivity contribution is 5.71. The Balaban J connectivity index is 2.50. The van der Waals surface area contributed by atoms with Crippen LogP contribution in [0.3, 0.4) is 0 Å². The molecule has 0 aromatic rings. The van der Waals surface area contributed by atoms with Crippen LogP contribution in [0.5, 0.6) is 0 Å². The van der Waals surface area contributed by atoms with Gasteiger partial charge < -0.3 is 4.74 Å². The first-order valence-electron chi connectivity index (χ1n) is 6.48. The van der Waals surface area contributed by atoms with Gasteiger partial charge in [-0.15, -0.1) is 0 Å². The maximum atomic E-state index is 11.4. The molecular formula is C13H25NO2. The first-order chi connectivity index (χ1) is 7.67. The lowest BCUT2D eigenvalue weighted by Crippen LogP contribution is -2.42. The van der Waals surface area contributed by atoms with Crippen LogP contribution in [-0.2, 0) is 9.53 Å². The van der Waals surface area contributed by atoms with Crippen LogP contribution in [0.1, 0.15) is 46.0 Å². The summed E-state index contributed by atoms with van der Waals surface area (Å²) >= 11 is 0. The van der Waals surface area contributed by atoms with Gasteiger partial charge >= 0.3 is 5.97 Å². The summed E-state index contributed by atoms with van der Waals surface area (Å²) in [7, 11) is 1.47. The van der Waals surface area contributed by atoms with Gasteiger partial charge in [0.25, 0.3) is 0 Å². The Hall–Kier alpha value is -0.570. The summed E-state index contributed by atoms with van der Waals surface area (Å²) in [5.74, 6) is 0.697. The Labute approximate surface area is 99.1 Å². The van der Waals surface area contributed by atoms with Crippen molar-refractivity contribution in [3.8, 4) is 0 Å². The molecule has 0 spiro atoms. The van der Waals surface area contributed by atoms with Crippen LogP contribution in [0.25, 0.3) is 0 Å². The van der Waals surface area contributed by atoms with E-state index in [1.165, 1.54) is 32.8 Å². The van der Waals surface area contributed by atoms with Crippen molar-refractivity contribution in [2.75, 3.05) is 20.2 Å². The van der Waals surface area contributed by atoms with Crippen molar-refractivity contribution in [1.82, 2.24) is 4.90 Å². The molecule has 16 heavy (non-hydrogen) atoms. The van der Waals surface area contributed by atoms with Crippen molar-refractivity contribution in [1.29, 1.82) is 0 Å². The van der Waals surface area contributed by atoms with E-state index >= 15 is 0 Å². The molecule has 0 radical (unpaired) electrons. The van der Waals surface area contributed by atoms with Crippen LogP contribution in [0.4, 0.5) is 0 Å². The second-order valence-corrected chi connectivity index (χ2v) is 4.97. The number of methoxy groups -OCH3 is 1. The van der Waals surface area contributed by atoms with Gasteiger partial charge in [-0.25, -0.2) is 0 Å². The molecule has 2 unspecified atom stereocenters. The van der Waals surface area contributed by atoms with E-state index in [1.807, 2.05) is 0 Å². The fourth-order valence-corrected chi connectivity index (χ4v) is 2.64. The molecule has 1 fully saturated rings. The predicted octanol–water partition coefficient (Wildman–Crippen LogP) is 2.45. The zero-order valence-corrected chi connectivity index (χ0v) is 10.9. The Morgan fingerprint density at radius 2 is 2.19 bits per heavy atom. The highest BCUT2D eigenvalue weighted by Gasteiger charge is 2.25. The number of nitrogens with zero attached hydrogens (tertiary/aromatic N) is 1. The van der Waals surface area contributed by atoms with E-state index in [-0.39, 0.29) is 5.97 Å². The van der Waals surface area contributed by atoms with Crippen LogP contribution in [-0.4, -0.2) is 37.1 Å².